The van der Waals surface area contributed by atoms with Gasteiger partial charge in [-0.3, -0.25) is 4.79 Å². The minimum absolute atomic E-state index is 0.0937. The minimum Gasteiger partial charge on any atom is -0.350 e. The lowest BCUT2D eigenvalue weighted by Crippen LogP contribution is -2.33. The van der Waals surface area contributed by atoms with Crippen LogP contribution in [0.25, 0.3) is 6.08 Å². The number of carbonyl (C=O) groups excluding carboxylic acids is 1. The normalized spacial score (nSPS) is 17.1. The maximum absolute atomic E-state index is 12.0. The second-order valence-electron chi connectivity index (χ2n) is 5.81. The molecule has 0 saturated heterocycles. The Kier molecular flexibility index (Phi) is 6.36. The lowest BCUT2D eigenvalue weighted by atomic mass is 10.1. The number of hydrogen-bond donors (Lipinski definition) is 2. The van der Waals surface area contributed by atoms with Crippen molar-refractivity contribution in [2.75, 3.05) is 7.05 Å². The van der Waals surface area contributed by atoms with Crippen LogP contribution in [-0.4, -0.2) is 27.4 Å². The molecule has 1 aromatic carbocycles. The number of hydrogen-bond acceptors (Lipinski definition) is 3. The molecule has 6 heteroatoms. The predicted molar refractivity (Wildman–Crippen MR) is 91.4 cm³/mol. The number of benzene rings is 1. The van der Waals surface area contributed by atoms with E-state index in [1.54, 1.807) is 18.2 Å². The van der Waals surface area contributed by atoms with Crippen molar-refractivity contribution >= 4 is 22.0 Å². The van der Waals surface area contributed by atoms with Crippen LogP contribution in [0.3, 0.4) is 0 Å². The molecule has 0 atom stereocenters. The zero-order valence-corrected chi connectivity index (χ0v) is 14.2. The molecular formula is C17H24N2O3S. The Morgan fingerprint density at radius 3 is 2.26 bits per heavy atom. The van der Waals surface area contributed by atoms with Crippen molar-refractivity contribution in [1.29, 1.82) is 0 Å². The van der Waals surface area contributed by atoms with Gasteiger partial charge in [0.2, 0.25) is 15.9 Å². The number of rotatable bonds is 5. The molecule has 2 N–H and O–H groups in total. The van der Waals surface area contributed by atoms with Crippen molar-refractivity contribution in [2.45, 2.75) is 49.5 Å². The summed E-state index contributed by atoms with van der Waals surface area (Å²) in [6.45, 7) is 0. The predicted octanol–water partition coefficient (Wildman–Crippen LogP) is 2.45. The van der Waals surface area contributed by atoms with Crippen LogP contribution in [0.4, 0.5) is 0 Å². The van der Waals surface area contributed by atoms with Gasteiger partial charge < -0.3 is 5.32 Å². The summed E-state index contributed by atoms with van der Waals surface area (Å²) in [6, 6.07) is 6.68. The van der Waals surface area contributed by atoms with Crippen LogP contribution in [0.5, 0.6) is 0 Å². The lowest BCUT2D eigenvalue weighted by Gasteiger charge is -2.14. The summed E-state index contributed by atoms with van der Waals surface area (Å²) < 4.78 is 25.5. The number of nitrogens with one attached hydrogen (secondary N) is 2. The fourth-order valence-corrected chi connectivity index (χ4v) is 3.45. The Bertz CT molecular complexity index is 643. The molecule has 126 valence electrons. The van der Waals surface area contributed by atoms with Crippen molar-refractivity contribution in [2.24, 2.45) is 0 Å². The van der Waals surface area contributed by atoms with Gasteiger partial charge in [0.25, 0.3) is 0 Å². The average Bonchev–Trinajstić information content (AvgIpc) is 2.82. The third-order valence-corrected chi connectivity index (χ3v) is 5.52. The van der Waals surface area contributed by atoms with E-state index in [1.807, 2.05) is 0 Å². The van der Waals surface area contributed by atoms with Crippen molar-refractivity contribution in [3.8, 4) is 0 Å². The summed E-state index contributed by atoms with van der Waals surface area (Å²) >= 11 is 0. The number of carbonyl (C=O) groups is 1. The molecule has 2 rings (SSSR count). The molecule has 0 aliphatic heterocycles. The molecule has 1 aromatic rings. The van der Waals surface area contributed by atoms with Crippen LogP contribution in [0, 0.1) is 0 Å². The highest BCUT2D eigenvalue weighted by atomic mass is 32.2. The summed E-state index contributed by atoms with van der Waals surface area (Å²) in [7, 11) is -2.05. The van der Waals surface area contributed by atoms with Crippen molar-refractivity contribution in [3.05, 3.63) is 35.9 Å². The van der Waals surface area contributed by atoms with Crippen molar-refractivity contribution in [1.82, 2.24) is 10.0 Å². The zero-order chi connectivity index (χ0) is 16.7. The van der Waals surface area contributed by atoms with Gasteiger partial charge in [-0.2, -0.15) is 0 Å². The Balaban J connectivity index is 1.93. The van der Waals surface area contributed by atoms with Gasteiger partial charge in [0.05, 0.1) is 4.90 Å². The van der Waals surface area contributed by atoms with E-state index in [2.05, 4.69) is 10.0 Å². The highest BCUT2D eigenvalue weighted by molar-refractivity contribution is 7.89. The summed E-state index contributed by atoms with van der Waals surface area (Å²) in [5.74, 6) is -0.0937. The van der Waals surface area contributed by atoms with E-state index in [4.69, 9.17) is 0 Å². The van der Waals surface area contributed by atoms with Gasteiger partial charge in [-0.25, -0.2) is 13.1 Å². The molecular weight excluding hydrogens is 312 g/mol. The highest BCUT2D eigenvalue weighted by Crippen LogP contribution is 2.17. The molecule has 0 radical (unpaired) electrons. The zero-order valence-electron chi connectivity index (χ0n) is 13.4. The molecule has 23 heavy (non-hydrogen) atoms. The fourth-order valence-electron chi connectivity index (χ4n) is 2.72. The largest absolute Gasteiger partial charge is 0.350 e. The first-order chi connectivity index (χ1) is 11.0. The Morgan fingerprint density at radius 1 is 1.09 bits per heavy atom. The van der Waals surface area contributed by atoms with E-state index >= 15 is 0 Å². The van der Waals surface area contributed by atoms with Crippen LogP contribution in [0.15, 0.2) is 35.2 Å². The topological polar surface area (TPSA) is 75.3 Å². The summed E-state index contributed by atoms with van der Waals surface area (Å²) in [5, 5.41) is 3.04. The molecule has 1 amide bonds. The molecule has 1 aliphatic carbocycles. The molecule has 5 nitrogen and oxygen atoms in total. The molecule has 0 spiro atoms. The van der Waals surface area contributed by atoms with E-state index in [9.17, 15) is 13.2 Å². The first kappa shape index (κ1) is 17.7. The van der Waals surface area contributed by atoms with Gasteiger partial charge in [-0.15, -0.1) is 0 Å². The first-order valence-corrected chi connectivity index (χ1v) is 9.52. The van der Waals surface area contributed by atoms with Crippen LogP contribution < -0.4 is 10.0 Å². The Hall–Kier alpha value is -1.66. The third kappa shape index (κ3) is 5.48. The number of sulfonamides is 1. The van der Waals surface area contributed by atoms with Gasteiger partial charge >= 0.3 is 0 Å². The minimum atomic E-state index is -3.42. The van der Waals surface area contributed by atoms with E-state index in [-0.39, 0.29) is 16.8 Å². The molecule has 0 bridgehead atoms. The summed E-state index contributed by atoms with van der Waals surface area (Å²) in [5.41, 5.74) is 0.788. The molecule has 0 heterocycles. The molecule has 0 aromatic heterocycles. The van der Waals surface area contributed by atoms with Crippen molar-refractivity contribution < 1.29 is 13.2 Å². The number of amides is 1. The van der Waals surface area contributed by atoms with Crippen LogP contribution in [0.2, 0.25) is 0 Å². The first-order valence-electron chi connectivity index (χ1n) is 8.03. The molecule has 1 saturated carbocycles. The highest BCUT2D eigenvalue weighted by Gasteiger charge is 2.13. The summed E-state index contributed by atoms with van der Waals surface area (Å²) in [6.07, 6.45) is 10.2. The molecule has 1 aliphatic rings. The fraction of sp³-hybridized carbons (Fsp3) is 0.471. The van der Waals surface area contributed by atoms with Gasteiger partial charge in [0.15, 0.2) is 0 Å². The smallest absolute Gasteiger partial charge is 0.244 e. The van der Waals surface area contributed by atoms with Gasteiger partial charge in [-0.1, -0.05) is 37.8 Å². The maximum atomic E-state index is 12.0. The van der Waals surface area contributed by atoms with E-state index < -0.39 is 10.0 Å². The molecule has 1 fully saturated rings. The standard InChI is InChI=1S/C17H24N2O3S/c1-18-23(21,22)16-11-8-14(9-12-16)10-13-17(20)19-15-6-4-2-3-5-7-15/h8-13,15,18H,2-7H2,1H3,(H,19,20)/b13-10+. The quantitative estimate of drug-likeness (QED) is 0.640. The second kappa shape index (κ2) is 8.26. The monoisotopic (exact) mass is 336 g/mol. The van der Waals surface area contributed by atoms with Crippen LogP contribution >= 0.6 is 0 Å². The molecule has 0 unspecified atom stereocenters. The van der Waals surface area contributed by atoms with Gasteiger partial charge in [0.1, 0.15) is 0 Å². The average molecular weight is 336 g/mol. The van der Waals surface area contributed by atoms with Gasteiger partial charge in [-0.05, 0) is 43.7 Å². The third-order valence-electron chi connectivity index (χ3n) is 4.09. The Labute approximate surface area is 138 Å². The SMILES string of the molecule is CNS(=O)(=O)c1ccc(/C=C/C(=O)NC2CCCCCC2)cc1. The maximum Gasteiger partial charge on any atom is 0.244 e. The summed E-state index contributed by atoms with van der Waals surface area (Å²) in [4.78, 5) is 12.2. The second-order valence-corrected chi connectivity index (χ2v) is 7.69. The van der Waals surface area contributed by atoms with E-state index in [1.165, 1.54) is 50.9 Å². The van der Waals surface area contributed by atoms with Gasteiger partial charge in [0, 0.05) is 12.1 Å². The lowest BCUT2D eigenvalue weighted by molar-refractivity contribution is -0.117. The Morgan fingerprint density at radius 2 is 1.70 bits per heavy atom. The van der Waals surface area contributed by atoms with Crippen molar-refractivity contribution in [3.63, 3.8) is 0 Å². The van der Waals surface area contributed by atoms with Crippen LogP contribution in [0.1, 0.15) is 44.1 Å². The van der Waals surface area contributed by atoms with E-state index in [0.29, 0.717) is 0 Å². The van der Waals surface area contributed by atoms with E-state index in [0.717, 1.165) is 18.4 Å². The van der Waals surface area contributed by atoms with Crippen LogP contribution in [-0.2, 0) is 14.8 Å².